The molecule has 2 aromatic carbocycles. The first-order valence-electron chi connectivity index (χ1n) is 8.68. The van der Waals surface area contributed by atoms with Crippen LogP contribution in [0.25, 0.3) is 0 Å². The van der Waals surface area contributed by atoms with Gasteiger partial charge in [0.15, 0.2) is 5.78 Å². The average molecular weight is 412 g/mol. The van der Waals surface area contributed by atoms with E-state index >= 15 is 0 Å². The van der Waals surface area contributed by atoms with E-state index in [1.165, 1.54) is 37.3 Å². The molecule has 0 unspecified atom stereocenters. The van der Waals surface area contributed by atoms with E-state index in [-0.39, 0.29) is 21.9 Å². The Kier molecular flexibility index (Phi) is 5.38. The van der Waals surface area contributed by atoms with Crippen molar-refractivity contribution < 1.29 is 26.4 Å². The third kappa shape index (κ3) is 4.30. The third-order valence-electron chi connectivity index (χ3n) is 4.57. The van der Waals surface area contributed by atoms with E-state index in [4.69, 9.17) is 0 Å². The van der Waals surface area contributed by atoms with Gasteiger partial charge in [-0.05, 0) is 50.1 Å². The normalized spacial score (nSPS) is 14.9. The molecule has 0 aromatic heterocycles. The Bertz CT molecular complexity index is 998. The number of nitrogens with one attached hydrogen (secondary N) is 1. The molecule has 1 fully saturated rings. The minimum atomic E-state index is -4.60. The Balaban J connectivity index is 2.03. The quantitative estimate of drug-likeness (QED) is 0.744. The predicted molar refractivity (Wildman–Crippen MR) is 100 cm³/mol. The van der Waals surface area contributed by atoms with Gasteiger partial charge in [-0.3, -0.25) is 9.52 Å². The first-order valence-corrected chi connectivity index (χ1v) is 10.2. The molecule has 150 valence electrons. The number of Topliss-reactive ketones (excluding diaryl/α,β-unsaturated/α-hetero) is 1. The molecule has 28 heavy (non-hydrogen) atoms. The molecule has 1 saturated heterocycles. The summed E-state index contributed by atoms with van der Waals surface area (Å²) in [4.78, 5) is 13.2. The summed E-state index contributed by atoms with van der Waals surface area (Å²) in [5, 5.41) is 0. The van der Waals surface area contributed by atoms with Crippen molar-refractivity contribution in [3.63, 3.8) is 0 Å². The van der Waals surface area contributed by atoms with Gasteiger partial charge >= 0.3 is 6.18 Å². The minimum absolute atomic E-state index is 0.134. The number of hydrogen-bond donors (Lipinski definition) is 1. The highest BCUT2D eigenvalue weighted by molar-refractivity contribution is 7.92. The number of carbonyl (C=O) groups excluding carboxylic acids is 1. The fraction of sp³-hybridized carbons (Fsp3) is 0.316. The summed E-state index contributed by atoms with van der Waals surface area (Å²) in [5.74, 6) is -0.311. The largest absolute Gasteiger partial charge is 0.416 e. The molecule has 0 radical (unpaired) electrons. The molecule has 0 saturated carbocycles. The van der Waals surface area contributed by atoms with E-state index < -0.39 is 21.8 Å². The Morgan fingerprint density at radius 2 is 1.75 bits per heavy atom. The van der Waals surface area contributed by atoms with Crippen molar-refractivity contribution in [3.8, 4) is 0 Å². The Hall–Kier alpha value is -2.55. The fourth-order valence-corrected chi connectivity index (χ4v) is 4.22. The van der Waals surface area contributed by atoms with Crippen LogP contribution in [0, 0.1) is 0 Å². The number of hydrogen-bond acceptors (Lipinski definition) is 4. The van der Waals surface area contributed by atoms with Crippen LogP contribution in [0.2, 0.25) is 0 Å². The number of alkyl halides is 3. The van der Waals surface area contributed by atoms with E-state index in [1.807, 2.05) is 4.90 Å². The molecule has 0 aliphatic carbocycles. The molecule has 0 bridgehead atoms. The topological polar surface area (TPSA) is 66.5 Å². The SMILES string of the molecule is CC(=O)c1cccc(S(=O)(=O)Nc2cc(C(F)(F)F)ccc2N2CCCC2)c1. The van der Waals surface area contributed by atoms with Crippen molar-refractivity contribution in [3.05, 3.63) is 53.6 Å². The van der Waals surface area contributed by atoms with Crippen LogP contribution in [0.4, 0.5) is 24.5 Å². The van der Waals surface area contributed by atoms with Crippen LogP contribution in [0.15, 0.2) is 47.4 Å². The summed E-state index contributed by atoms with van der Waals surface area (Å²) < 4.78 is 67.3. The molecule has 2 aromatic rings. The number of nitrogens with zero attached hydrogens (tertiary/aromatic N) is 1. The van der Waals surface area contributed by atoms with E-state index in [2.05, 4.69) is 4.72 Å². The van der Waals surface area contributed by atoms with Gasteiger partial charge in [0.2, 0.25) is 0 Å². The molecule has 1 heterocycles. The van der Waals surface area contributed by atoms with Gasteiger partial charge in [-0.2, -0.15) is 13.2 Å². The van der Waals surface area contributed by atoms with E-state index in [1.54, 1.807) is 0 Å². The second-order valence-electron chi connectivity index (χ2n) is 6.61. The monoisotopic (exact) mass is 412 g/mol. The number of carbonyl (C=O) groups is 1. The van der Waals surface area contributed by atoms with Crippen molar-refractivity contribution >= 4 is 27.2 Å². The van der Waals surface area contributed by atoms with Gasteiger partial charge < -0.3 is 4.90 Å². The number of rotatable bonds is 5. The highest BCUT2D eigenvalue weighted by Crippen LogP contribution is 2.37. The summed E-state index contributed by atoms with van der Waals surface area (Å²) in [7, 11) is -4.18. The van der Waals surface area contributed by atoms with Crippen LogP contribution in [-0.2, 0) is 16.2 Å². The summed E-state index contributed by atoms with van der Waals surface area (Å²) in [6.07, 6.45) is -2.83. The van der Waals surface area contributed by atoms with Gasteiger partial charge in [0, 0.05) is 18.7 Å². The molecule has 1 N–H and O–H groups in total. The molecule has 1 aliphatic heterocycles. The lowest BCUT2D eigenvalue weighted by molar-refractivity contribution is -0.137. The third-order valence-corrected chi connectivity index (χ3v) is 5.93. The van der Waals surface area contributed by atoms with Gasteiger partial charge in [-0.15, -0.1) is 0 Å². The summed E-state index contributed by atoms with van der Waals surface area (Å²) in [6, 6.07) is 8.42. The molecule has 0 spiro atoms. The minimum Gasteiger partial charge on any atom is -0.370 e. The molecule has 3 rings (SSSR count). The first-order chi connectivity index (χ1) is 13.1. The van der Waals surface area contributed by atoms with Crippen molar-refractivity contribution in [2.45, 2.75) is 30.8 Å². The number of benzene rings is 2. The molecular weight excluding hydrogens is 393 g/mol. The van der Waals surface area contributed by atoms with Gasteiger partial charge in [-0.25, -0.2) is 8.42 Å². The smallest absolute Gasteiger partial charge is 0.370 e. The van der Waals surface area contributed by atoms with Crippen molar-refractivity contribution in [1.82, 2.24) is 0 Å². The van der Waals surface area contributed by atoms with Crippen LogP contribution >= 0.6 is 0 Å². The van der Waals surface area contributed by atoms with Crippen LogP contribution in [0.3, 0.4) is 0 Å². The second-order valence-corrected chi connectivity index (χ2v) is 8.30. The zero-order valence-electron chi connectivity index (χ0n) is 15.1. The maximum Gasteiger partial charge on any atom is 0.416 e. The second kappa shape index (κ2) is 7.46. The standard InChI is InChI=1S/C19H19F3N2O3S/c1-13(25)14-5-4-6-16(11-14)28(26,27)23-17-12-15(19(20,21)22)7-8-18(17)24-9-2-3-10-24/h4-8,11-12,23H,2-3,9-10H2,1H3. The average Bonchev–Trinajstić information content (AvgIpc) is 3.15. The van der Waals surface area contributed by atoms with Gasteiger partial charge in [-0.1, -0.05) is 12.1 Å². The summed E-state index contributed by atoms with van der Waals surface area (Å²) in [6.45, 7) is 2.58. The highest BCUT2D eigenvalue weighted by Gasteiger charge is 2.32. The van der Waals surface area contributed by atoms with E-state index in [0.29, 0.717) is 18.8 Å². The predicted octanol–water partition coefficient (Wildman–Crippen LogP) is 4.31. The molecular formula is C19H19F3N2O3S. The Morgan fingerprint density at radius 1 is 1.07 bits per heavy atom. The lowest BCUT2D eigenvalue weighted by atomic mass is 10.1. The number of halogens is 3. The summed E-state index contributed by atoms with van der Waals surface area (Å²) >= 11 is 0. The molecule has 1 aliphatic rings. The lowest BCUT2D eigenvalue weighted by Gasteiger charge is -2.23. The van der Waals surface area contributed by atoms with Crippen LogP contribution in [0.1, 0.15) is 35.7 Å². The molecule has 5 nitrogen and oxygen atoms in total. The fourth-order valence-electron chi connectivity index (χ4n) is 3.11. The Labute approximate surface area is 161 Å². The van der Waals surface area contributed by atoms with Gasteiger partial charge in [0.05, 0.1) is 21.8 Å². The molecule has 9 heteroatoms. The maximum absolute atomic E-state index is 13.1. The van der Waals surface area contributed by atoms with Crippen molar-refractivity contribution in [2.75, 3.05) is 22.7 Å². The lowest BCUT2D eigenvalue weighted by Crippen LogP contribution is -2.22. The highest BCUT2D eigenvalue weighted by atomic mass is 32.2. The van der Waals surface area contributed by atoms with Crippen LogP contribution in [0.5, 0.6) is 0 Å². The van der Waals surface area contributed by atoms with Crippen LogP contribution in [-0.4, -0.2) is 27.3 Å². The zero-order chi connectivity index (χ0) is 20.5. The van der Waals surface area contributed by atoms with Crippen molar-refractivity contribution in [1.29, 1.82) is 0 Å². The number of ketones is 1. The first kappa shape index (κ1) is 20.2. The number of sulfonamides is 1. The van der Waals surface area contributed by atoms with Gasteiger partial charge in [0.25, 0.3) is 10.0 Å². The molecule has 0 atom stereocenters. The summed E-state index contributed by atoms with van der Waals surface area (Å²) in [5.41, 5.74) is -0.473. The molecule has 0 amide bonds. The van der Waals surface area contributed by atoms with E-state index in [9.17, 15) is 26.4 Å². The van der Waals surface area contributed by atoms with Crippen molar-refractivity contribution in [2.24, 2.45) is 0 Å². The maximum atomic E-state index is 13.1. The Morgan fingerprint density at radius 3 is 2.36 bits per heavy atom. The van der Waals surface area contributed by atoms with E-state index in [0.717, 1.165) is 25.0 Å². The van der Waals surface area contributed by atoms with Gasteiger partial charge in [0.1, 0.15) is 0 Å². The number of anilines is 2. The zero-order valence-corrected chi connectivity index (χ0v) is 15.9. The van der Waals surface area contributed by atoms with Crippen LogP contribution < -0.4 is 9.62 Å².